The predicted molar refractivity (Wildman–Crippen MR) is 49.6 cm³/mol. The predicted octanol–water partition coefficient (Wildman–Crippen LogP) is 2.54. The molecule has 2 N–H and O–H groups in total. The topological polar surface area (TPSA) is 38.9 Å². The van der Waals surface area contributed by atoms with Gasteiger partial charge in [-0.1, -0.05) is 0 Å². The Kier molecular flexibility index (Phi) is 2.19. The lowest BCUT2D eigenvalue weighted by atomic mass is 10.3. The van der Waals surface area contributed by atoms with Crippen LogP contribution in [0.1, 0.15) is 0 Å². The van der Waals surface area contributed by atoms with Crippen LogP contribution in [0, 0.1) is 11.6 Å². The zero-order valence-electron chi connectivity index (χ0n) is 6.25. The van der Waals surface area contributed by atoms with Crippen LogP contribution in [0.5, 0.6) is 0 Å². The highest BCUT2D eigenvalue weighted by Gasteiger charge is 2.08. The lowest BCUT2D eigenvalue weighted by Crippen LogP contribution is -1.81. The van der Waals surface area contributed by atoms with Crippen molar-refractivity contribution in [3.63, 3.8) is 0 Å². The third-order valence-corrected chi connectivity index (χ3v) is 3.16. The number of benzene rings is 1. The number of nitrogens with zero attached hydrogens (tertiary/aromatic N) is 1. The molecule has 0 aliphatic heterocycles. The van der Waals surface area contributed by atoms with Crippen molar-refractivity contribution < 1.29 is 8.78 Å². The molecule has 0 radical (unpaired) electrons. The van der Waals surface area contributed by atoms with Crippen molar-refractivity contribution in [2.45, 2.75) is 4.34 Å². The van der Waals surface area contributed by atoms with Gasteiger partial charge in [0.1, 0.15) is 0 Å². The van der Waals surface area contributed by atoms with E-state index in [2.05, 4.69) is 4.98 Å². The van der Waals surface area contributed by atoms with Crippen molar-refractivity contribution in [3.8, 4) is 0 Å². The first kappa shape index (κ1) is 8.86. The molecule has 0 amide bonds. The minimum Gasteiger partial charge on any atom is -0.272 e. The smallest absolute Gasteiger partial charge is 0.165 e. The SMILES string of the molecule is NSc1nc2cc(F)c(F)cc2s1. The van der Waals surface area contributed by atoms with Crippen molar-refractivity contribution >= 4 is 33.5 Å². The molecule has 0 spiro atoms. The molecule has 0 aliphatic carbocycles. The minimum atomic E-state index is -0.883. The highest BCUT2D eigenvalue weighted by atomic mass is 32.2. The van der Waals surface area contributed by atoms with Gasteiger partial charge in [0.05, 0.1) is 10.2 Å². The molecule has 2 nitrogen and oxygen atoms in total. The number of hydrogen-bond acceptors (Lipinski definition) is 4. The molecular formula is C7H4F2N2S2. The van der Waals surface area contributed by atoms with Gasteiger partial charge in [0, 0.05) is 6.07 Å². The summed E-state index contributed by atoms with van der Waals surface area (Å²) in [7, 11) is 0. The van der Waals surface area contributed by atoms with E-state index in [0.29, 0.717) is 14.6 Å². The quantitative estimate of drug-likeness (QED) is 0.747. The molecule has 2 rings (SSSR count). The molecule has 0 atom stereocenters. The highest BCUT2D eigenvalue weighted by molar-refractivity contribution is 7.99. The van der Waals surface area contributed by atoms with E-state index in [1.807, 2.05) is 0 Å². The maximum Gasteiger partial charge on any atom is 0.165 e. The molecule has 0 bridgehead atoms. The van der Waals surface area contributed by atoms with E-state index in [9.17, 15) is 8.78 Å². The van der Waals surface area contributed by atoms with Crippen molar-refractivity contribution in [2.75, 3.05) is 0 Å². The molecule has 0 unspecified atom stereocenters. The van der Waals surface area contributed by atoms with E-state index >= 15 is 0 Å². The number of fused-ring (bicyclic) bond motifs is 1. The molecule has 1 heterocycles. The summed E-state index contributed by atoms with van der Waals surface area (Å²) in [5.41, 5.74) is 0.442. The number of halogens is 2. The Hall–Kier alpha value is -0.720. The lowest BCUT2D eigenvalue weighted by Gasteiger charge is -1.90. The second-order valence-corrected chi connectivity index (χ2v) is 4.24. The van der Waals surface area contributed by atoms with Gasteiger partial charge >= 0.3 is 0 Å². The van der Waals surface area contributed by atoms with E-state index in [1.54, 1.807) is 0 Å². The van der Waals surface area contributed by atoms with Crippen LogP contribution < -0.4 is 5.14 Å². The number of nitrogens with two attached hydrogens (primary N) is 1. The molecule has 0 aliphatic rings. The summed E-state index contributed by atoms with van der Waals surface area (Å²) in [6.45, 7) is 0. The standard InChI is InChI=1S/C7H4F2N2S2/c8-3-1-5-6(2-4(3)9)12-7(11-5)13-10/h1-2H,10H2. The summed E-state index contributed by atoms with van der Waals surface area (Å²) in [6.07, 6.45) is 0. The average molecular weight is 218 g/mol. The van der Waals surface area contributed by atoms with E-state index in [-0.39, 0.29) is 0 Å². The zero-order valence-corrected chi connectivity index (χ0v) is 7.88. The van der Waals surface area contributed by atoms with Crippen LogP contribution in [-0.2, 0) is 0 Å². The fourth-order valence-corrected chi connectivity index (χ4v) is 2.27. The Labute approximate surface area is 80.9 Å². The molecule has 1 aromatic heterocycles. The summed E-state index contributed by atoms with van der Waals surface area (Å²) < 4.78 is 26.6. The summed E-state index contributed by atoms with van der Waals surface area (Å²) in [6, 6.07) is 2.20. The number of rotatable bonds is 1. The molecule has 6 heteroatoms. The molecule has 0 fully saturated rings. The molecule has 1 aromatic carbocycles. The van der Waals surface area contributed by atoms with Gasteiger partial charge in [-0.05, 0) is 18.0 Å². The second-order valence-electron chi connectivity index (χ2n) is 2.33. The van der Waals surface area contributed by atoms with Crippen LogP contribution in [-0.4, -0.2) is 4.98 Å². The van der Waals surface area contributed by atoms with Gasteiger partial charge in [-0.3, -0.25) is 5.14 Å². The number of hydrogen-bond donors (Lipinski definition) is 1. The van der Waals surface area contributed by atoms with Crippen molar-refractivity contribution in [1.29, 1.82) is 0 Å². The van der Waals surface area contributed by atoms with Crippen LogP contribution >= 0.6 is 23.3 Å². The van der Waals surface area contributed by atoms with Crippen LogP contribution in [0.15, 0.2) is 16.5 Å². The third kappa shape index (κ3) is 1.52. The molecule has 13 heavy (non-hydrogen) atoms. The van der Waals surface area contributed by atoms with Crippen LogP contribution in [0.3, 0.4) is 0 Å². The first-order valence-corrected chi connectivity index (χ1v) is 5.02. The van der Waals surface area contributed by atoms with Gasteiger partial charge in [-0.15, -0.1) is 11.3 Å². The van der Waals surface area contributed by atoms with Crippen LogP contribution in [0.25, 0.3) is 10.2 Å². The Balaban J connectivity index is 2.70. The van der Waals surface area contributed by atoms with Gasteiger partial charge in [-0.25, -0.2) is 13.8 Å². The van der Waals surface area contributed by atoms with E-state index in [0.717, 1.165) is 24.1 Å². The van der Waals surface area contributed by atoms with E-state index < -0.39 is 11.6 Å². The van der Waals surface area contributed by atoms with E-state index in [4.69, 9.17) is 5.14 Å². The largest absolute Gasteiger partial charge is 0.272 e. The lowest BCUT2D eigenvalue weighted by molar-refractivity contribution is 0.511. The van der Waals surface area contributed by atoms with Gasteiger partial charge in [0.15, 0.2) is 16.0 Å². The third-order valence-electron chi connectivity index (χ3n) is 1.51. The summed E-state index contributed by atoms with van der Waals surface area (Å²) >= 11 is 2.21. The van der Waals surface area contributed by atoms with E-state index in [1.165, 1.54) is 11.3 Å². The summed E-state index contributed by atoms with van der Waals surface area (Å²) in [4.78, 5) is 3.98. The summed E-state index contributed by atoms with van der Waals surface area (Å²) in [5, 5.41) is 5.27. The van der Waals surface area contributed by atoms with Gasteiger partial charge < -0.3 is 0 Å². The first-order valence-electron chi connectivity index (χ1n) is 3.33. The van der Waals surface area contributed by atoms with Crippen molar-refractivity contribution in [2.24, 2.45) is 5.14 Å². The number of thiazole rings is 1. The fraction of sp³-hybridized carbons (Fsp3) is 0. The molecular weight excluding hydrogens is 214 g/mol. The van der Waals surface area contributed by atoms with Gasteiger partial charge in [-0.2, -0.15) is 0 Å². The monoisotopic (exact) mass is 218 g/mol. The Morgan fingerprint density at radius 1 is 1.31 bits per heavy atom. The highest BCUT2D eigenvalue weighted by Crippen LogP contribution is 2.28. The Bertz CT molecular complexity index is 416. The number of aromatic nitrogens is 1. The Morgan fingerprint density at radius 3 is 2.69 bits per heavy atom. The molecule has 0 saturated heterocycles. The normalized spacial score (nSPS) is 11.0. The zero-order chi connectivity index (χ0) is 9.42. The van der Waals surface area contributed by atoms with Crippen molar-refractivity contribution in [3.05, 3.63) is 23.8 Å². The maximum absolute atomic E-state index is 12.7. The molecule has 68 valence electrons. The van der Waals surface area contributed by atoms with Gasteiger partial charge in [0.25, 0.3) is 0 Å². The molecule has 0 saturated carbocycles. The van der Waals surface area contributed by atoms with Gasteiger partial charge in [0.2, 0.25) is 0 Å². The van der Waals surface area contributed by atoms with Crippen LogP contribution in [0.4, 0.5) is 8.78 Å². The van der Waals surface area contributed by atoms with Crippen LogP contribution in [0.2, 0.25) is 0 Å². The Morgan fingerprint density at radius 2 is 2.00 bits per heavy atom. The summed E-state index contributed by atoms with van der Waals surface area (Å²) in [5.74, 6) is -1.74. The molecule has 2 aromatic rings. The first-order chi connectivity index (χ1) is 6.20. The second kappa shape index (κ2) is 3.21. The fourth-order valence-electron chi connectivity index (χ4n) is 0.953. The maximum atomic E-state index is 12.7. The van der Waals surface area contributed by atoms with Crippen molar-refractivity contribution in [1.82, 2.24) is 4.98 Å². The minimum absolute atomic E-state index is 0.442. The average Bonchev–Trinajstić information content (AvgIpc) is 2.48.